The Hall–Kier alpha value is -5.31. The van der Waals surface area contributed by atoms with Crippen LogP contribution in [0.2, 0.25) is 0 Å². The van der Waals surface area contributed by atoms with E-state index in [1.807, 2.05) is 17.5 Å². The topological polar surface area (TPSA) is 12.9 Å². The largest absolute Gasteiger partial charge is 0.255 e. The molecule has 0 unspecified atom stereocenters. The lowest BCUT2D eigenvalue weighted by atomic mass is 9.86. The van der Waals surface area contributed by atoms with Crippen LogP contribution in [0.25, 0.3) is 86.0 Å². The van der Waals surface area contributed by atoms with Crippen molar-refractivity contribution in [2.45, 2.75) is 0 Å². The Balaban J connectivity index is 1.19. The highest BCUT2D eigenvalue weighted by atomic mass is 32.1. The first kappa shape index (κ1) is 24.3. The highest BCUT2D eigenvalue weighted by Gasteiger charge is 2.16. The molecule has 7 aromatic carbocycles. The summed E-state index contributed by atoms with van der Waals surface area (Å²) >= 11 is 1.81. The van der Waals surface area contributed by atoms with Crippen molar-refractivity contribution in [2.24, 2.45) is 0 Å². The van der Waals surface area contributed by atoms with E-state index in [1.165, 1.54) is 80.5 Å². The molecule has 1 nitrogen and oxygen atoms in total. The average Bonchev–Trinajstić information content (AvgIpc) is 3.47. The molecule has 9 rings (SSSR count). The molecular formula is C41H25NS. The zero-order valence-electron chi connectivity index (χ0n) is 23.3. The SMILES string of the molecule is c1ccc(-c2c3ccccc3c(-c3ccc(-c4ccc5c(c4)ncc4sc6ccccc6c45)cc3)c3ccccc23)cc1. The molecule has 0 aliphatic carbocycles. The minimum Gasteiger partial charge on any atom is -0.255 e. The van der Waals surface area contributed by atoms with Crippen molar-refractivity contribution < 1.29 is 0 Å². The van der Waals surface area contributed by atoms with Gasteiger partial charge in [0.05, 0.1) is 10.2 Å². The highest BCUT2D eigenvalue weighted by molar-refractivity contribution is 7.26. The van der Waals surface area contributed by atoms with Gasteiger partial charge in [-0.05, 0) is 67.1 Å². The standard InChI is InChI=1S/C41H25NS/c1-2-10-27(11-3-1)39-30-12-4-6-14-32(30)40(33-15-7-5-13-31(33)39)28-20-18-26(19-21-28)29-22-23-34-36(24-29)42-25-38-41(34)35-16-8-9-17-37(35)43-38/h1-25H. The van der Waals surface area contributed by atoms with Gasteiger partial charge in [0, 0.05) is 27.1 Å². The van der Waals surface area contributed by atoms with Gasteiger partial charge in [-0.15, -0.1) is 11.3 Å². The van der Waals surface area contributed by atoms with Crippen molar-refractivity contribution in [1.29, 1.82) is 0 Å². The number of rotatable bonds is 3. The number of pyridine rings is 1. The van der Waals surface area contributed by atoms with E-state index in [0.29, 0.717) is 0 Å². The smallest absolute Gasteiger partial charge is 0.0715 e. The van der Waals surface area contributed by atoms with Crippen LogP contribution in [0.5, 0.6) is 0 Å². The molecular weight excluding hydrogens is 539 g/mol. The monoisotopic (exact) mass is 563 g/mol. The second kappa shape index (κ2) is 9.62. The second-order valence-corrected chi connectivity index (χ2v) is 12.2. The van der Waals surface area contributed by atoms with E-state index in [0.717, 1.165) is 5.52 Å². The van der Waals surface area contributed by atoms with Crippen molar-refractivity contribution in [1.82, 2.24) is 4.98 Å². The quantitative estimate of drug-likeness (QED) is 0.195. The van der Waals surface area contributed by atoms with E-state index >= 15 is 0 Å². The molecule has 2 heterocycles. The fraction of sp³-hybridized carbons (Fsp3) is 0. The number of fused-ring (bicyclic) bond motifs is 7. The van der Waals surface area contributed by atoms with E-state index in [9.17, 15) is 0 Å². The number of hydrogen-bond acceptors (Lipinski definition) is 2. The molecule has 0 amide bonds. The minimum atomic E-state index is 1.03. The molecule has 0 radical (unpaired) electrons. The predicted octanol–water partition coefficient (Wildman–Crippen LogP) is 11.9. The number of benzene rings is 7. The van der Waals surface area contributed by atoms with Crippen molar-refractivity contribution in [3.8, 4) is 33.4 Å². The van der Waals surface area contributed by atoms with Gasteiger partial charge < -0.3 is 0 Å². The summed E-state index contributed by atoms with van der Waals surface area (Å²) < 4.78 is 2.55. The molecule has 0 bridgehead atoms. The van der Waals surface area contributed by atoms with E-state index in [2.05, 4.69) is 146 Å². The average molecular weight is 564 g/mol. The van der Waals surface area contributed by atoms with Crippen LogP contribution in [0.3, 0.4) is 0 Å². The van der Waals surface area contributed by atoms with Crippen LogP contribution in [0.15, 0.2) is 152 Å². The molecule has 0 aliphatic heterocycles. The third-order valence-corrected chi connectivity index (χ3v) is 9.82. The normalized spacial score (nSPS) is 11.7. The van der Waals surface area contributed by atoms with Crippen LogP contribution in [0.4, 0.5) is 0 Å². The zero-order chi connectivity index (χ0) is 28.3. The Morgan fingerprint density at radius 2 is 0.884 bits per heavy atom. The van der Waals surface area contributed by atoms with Gasteiger partial charge in [-0.3, -0.25) is 4.98 Å². The summed E-state index contributed by atoms with van der Waals surface area (Å²) in [5.74, 6) is 0. The van der Waals surface area contributed by atoms with Gasteiger partial charge in [0.25, 0.3) is 0 Å². The van der Waals surface area contributed by atoms with Crippen LogP contribution in [0, 0.1) is 0 Å². The van der Waals surface area contributed by atoms with Crippen LogP contribution < -0.4 is 0 Å². The molecule has 2 heteroatoms. The Bertz CT molecular complexity index is 2430. The Labute approximate surface area is 253 Å². The molecule has 43 heavy (non-hydrogen) atoms. The third-order valence-electron chi connectivity index (χ3n) is 8.71. The first-order chi connectivity index (χ1) is 21.3. The minimum absolute atomic E-state index is 1.03. The van der Waals surface area contributed by atoms with Crippen molar-refractivity contribution in [3.63, 3.8) is 0 Å². The van der Waals surface area contributed by atoms with Crippen molar-refractivity contribution >= 4 is 64.0 Å². The van der Waals surface area contributed by atoms with Crippen molar-refractivity contribution in [3.05, 3.63) is 152 Å². The van der Waals surface area contributed by atoms with E-state index in [1.54, 1.807) is 0 Å². The first-order valence-corrected chi connectivity index (χ1v) is 15.4. The maximum absolute atomic E-state index is 4.87. The first-order valence-electron chi connectivity index (χ1n) is 14.6. The number of hydrogen-bond donors (Lipinski definition) is 0. The van der Waals surface area contributed by atoms with Crippen LogP contribution in [0.1, 0.15) is 0 Å². The summed E-state index contributed by atoms with van der Waals surface area (Å²) in [6, 6.07) is 52.9. The Morgan fingerprint density at radius 3 is 1.53 bits per heavy atom. The zero-order valence-corrected chi connectivity index (χ0v) is 24.1. The fourth-order valence-corrected chi connectivity index (χ4v) is 7.87. The molecule has 0 spiro atoms. The molecule has 9 aromatic rings. The van der Waals surface area contributed by atoms with Gasteiger partial charge in [-0.25, -0.2) is 0 Å². The maximum Gasteiger partial charge on any atom is 0.0715 e. The lowest BCUT2D eigenvalue weighted by Crippen LogP contribution is -1.90. The van der Waals surface area contributed by atoms with E-state index in [4.69, 9.17) is 4.98 Å². The Kier molecular flexibility index (Phi) is 5.44. The van der Waals surface area contributed by atoms with Gasteiger partial charge >= 0.3 is 0 Å². The number of nitrogens with zero attached hydrogens (tertiary/aromatic N) is 1. The van der Waals surface area contributed by atoms with Gasteiger partial charge in [0.1, 0.15) is 0 Å². The molecule has 0 N–H and O–H groups in total. The van der Waals surface area contributed by atoms with Crippen LogP contribution >= 0.6 is 11.3 Å². The summed E-state index contributed by atoms with van der Waals surface area (Å²) in [4.78, 5) is 4.87. The summed E-state index contributed by atoms with van der Waals surface area (Å²) in [5, 5.41) is 8.94. The number of thiophene rings is 1. The molecule has 0 fully saturated rings. The van der Waals surface area contributed by atoms with Crippen LogP contribution in [-0.4, -0.2) is 4.98 Å². The van der Waals surface area contributed by atoms with Gasteiger partial charge in [0.15, 0.2) is 0 Å². The second-order valence-electron chi connectivity index (χ2n) is 11.1. The summed E-state index contributed by atoms with van der Waals surface area (Å²) in [6.45, 7) is 0. The Morgan fingerprint density at radius 1 is 0.372 bits per heavy atom. The van der Waals surface area contributed by atoms with E-state index in [-0.39, 0.29) is 0 Å². The van der Waals surface area contributed by atoms with Gasteiger partial charge in [-0.2, -0.15) is 0 Å². The third kappa shape index (κ3) is 3.81. The fourth-order valence-electron chi connectivity index (χ4n) is 6.78. The maximum atomic E-state index is 4.87. The van der Waals surface area contributed by atoms with Gasteiger partial charge in [-0.1, -0.05) is 133 Å². The number of aromatic nitrogens is 1. The summed E-state index contributed by atoms with van der Waals surface area (Å²) in [6.07, 6.45) is 2.03. The highest BCUT2D eigenvalue weighted by Crippen LogP contribution is 2.44. The summed E-state index contributed by atoms with van der Waals surface area (Å²) in [5.41, 5.74) is 8.45. The summed E-state index contributed by atoms with van der Waals surface area (Å²) in [7, 11) is 0. The molecule has 0 atom stereocenters. The lowest BCUT2D eigenvalue weighted by Gasteiger charge is -2.18. The van der Waals surface area contributed by atoms with Crippen LogP contribution in [-0.2, 0) is 0 Å². The van der Waals surface area contributed by atoms with Crippen molar-refractivity contribution in [2.75, 3.05) is 0 Å². The molecule has 0 aliphatic rings. The molecule has 0 saturated heterocycles. The lowest BCUT2D eigenvalue weighted by molar-refractivity contribution is 1.45. The molecule has 200 valence electrons. The molecule has 0 saturated carbocycles. The van der Waals surface area contributed by atoms with E-state index < -0.39 is 0 Å². The predicted molar refractivity (Wildman–Crippen MR) is 186 cm³/mol. The van der Waals surface area contributed by atoms with Gasteiger partial charge in [0.2, 0.25) is 0 Å². The molecule has 2 aromatic heterocycles.